The fourth-order valence-corrected chi connectivity index (χ4v) is 5.40. The van der Waals surface area contributed by atoms with E-state index in [2.05, 4.69) is 10.1 Å². The molecule has 3 aromatic rings. The molecule has 0 N–H and O–H groups in total. The Balaban J connectivity index is 1.79. The lowest BCUT2D eigenvalue weighted by molar-refractivity contribution is -0.144. The molecule has 29 heavy (non-hydrogen) atoms. The number of aromatic nitrogens is 2. The Morgan fingerprint density at radius 3 is 2.59 bits per heavy atom. The molecule has 2 aromatic heterocycles. The Kier molecular flexibility index (Phi) is 4.66. The van der Waals surface area contributed by atoms with Crippen molar-refractivity contribution in [2.45, 2.75) is 31.2 Å². The van der Waals surface area contributed by atoms with Gasteiger partial charge in [0, 0.05) is 25.2 Å². The maximum absolute atomic E-state index is 13.4. The van der Waals surface area contributed by atoms with Gasteiger partial charge in [0.2, 0.25) is 15.9 Å². The second-order valence-corrected chi connectivity index (χ2v) is 9.30. The molecule has 1 aromatic carbocycles. The summed E-state index contributed by atoms with van der Waals surface area (Å²) in [5.41, 5.74) is 0.402. The Morgan fingerprint density at radius 1 is 1.17 bits per heavy atom. The average molecular weight is 414 g/mol. The zero-order valence-electron chi connectivity index (χ0n) is 16.5. The molecule has 8 nitrogen and oxygen atoms in total. The number of amides is 1. The van der Waals surface area contributed by atoms with Gasteiger partial charge in [0.05, 0.1) is 11.6 Å². The SMILES string of the molecule is CCN1CCN(S(=O)(=O)c2cnc3onc(-c4ccccc4)c3c2)C(C)(C)C1=O. The topological polar surface area (TPSA) is 96.6 Å². The lowest BCUT2D eigenvalue weighted by Crippen LogP contribution is -2.64. The number of carbonyl (C=O) groups excluding carboxylic acids is 1. The van der Waals surface area contributed by atoms with Crippen LogP contribution in [-0.2, 0) is 14.8 Å². The summed E-state index contributed by atoms with van der Waals surface area (Å²) in [5.74, 6) is -0.209. The number of benzene rings is 1. The van der Waals surface area contributed by atoms with E-state index in [0.29, 0.717) is 24.2 Å². The minimum absolute atomic E-state index is 0.0104. The fraction of sp³-hybridized carbons (Fsp3) is 0.350. The first-order valence-corrected chi connectivity index (χ1v) is 10.8. The number of fused-ring (bicyclic) bond motifs is 1. The Labute approximate surface area is 169 Å². The summed E-state index contributed by atoms with van der Waals surface area (Å²) in [5, 5.41) is 4.56. The number of hydrogen-bond donors (Lipinski definition) is 0. The minimum atomic E-state index is -3.95. The van der Waals surface area contributed by atoms with E-state index in [1.54, 1.807) is 18.7 Å². The normalized spacial score (nSPS) is 17.8. The van der Waals surface area contributed by atoms with Crippen molar-refractivity contribution < 1.29 is 17.7 Å². The van der Waals surface area contributed by atoms with Gasteiger partial charge in [-0.2, -0.15) is 4.31 Å². The average Bonchev–Trinajstić information content (AvgIpc) is 3.13. The fourth-order valence-electron chi connectivity index (χ4n) is 3.69. The van der Waals surface area contributed by atoms with Crippen LogP contribution in [0.3, 0.4) is 0 Å². The van der Waals surface area contributed by atoms with E-state index in [4.69, 9.17) is 4.52 Å². The molecule has 1 aliphatic heterocycles. The van der Waals surface area contributed by atoms with E-state index in [1.165, 1.54) is 16.6 Å². The molecule has 9 heteroatoms. The highest BCUT2D eigenvalue weighted by molar-refractivity contribution is 7.89. The molecule has 3 heterocycles. The molecule has 0 atom stereocenters. The van der Waals surface area contributed by atoms with Gasteiger partial charge in [-0.15, -0.1) is 0 Å². The highest BCUT2D eigenvalue weighted by Crippen LogP contribution is 2.32. The van der Waals surface area contributed by atoms with Gasteiger partial charge >= 0.3 is 0 Å². The maximum atomic E-state index is 13.4. The monoisotopic (exact) mass is 414 g/mol. The molecule has 4 rings (SSSR count). The summed E-state index contributed by atoms with van der Waals surface area (Å²) in [7, 11) is -3.95. The molecule has 1 saturated heterocycles. The Morgan fingerprint density at radius 2 is 1.90 bits per heavy atom. The summed E-state index contributed by atoms with van der Waals surface area (Å²) >= 11 is 0. The van der Waals surface area contributed by atoms with Crippen molar-refractivity contribution in [3.05, 3.63) is 42.6 Å². The molecule has 0 saturated carbocycles. The van der Waals surface area contributed by atoms with Crippen molar-refractivity contribution in [2.75, 3.05) is 19.6 Å². The first-order valence-electron chi connectivity index (χ1n) is 9.40. The number of carbonyl (C=O) groups is 1. The lowest BCUT2D eigenvalue weighted by Gasteiger charge is -2.44. The number of piperazine rings is 1. The highest BCUT2D eigenvalue weighted by atomic mass is 32.2. The van der Waals surface area contributed by atoms with E-state index < -0.39 is 15.6 Å². The molecular formula is C20H22N4O4S. The van der Waals surface area contributed by atoms with Gasteiger partial charge in [-0.1, -0.05) is 35.5 Å². The van der Waals surface area contributed by atoms with E-state index in [9.17, 15) is 13.2 Å². The van der Waals surface area contributed by atoms with Crippen LogP contribution in [0.5, 0.6) is 0 Å². The number of rotatable bonds is 4. The predicted molar refractivity (Wildman–Crippen MR) is 107 cm³/mol. The zero-order chi connectivity index (χ0) is 20.8. The van der Waals surface area contributed by atoms with Crippen molar-refractivity contribution in [2.24, 2.45) is 0 Å². The highest BCUT2D eigenvalue weighted by Gasteiger charge is 2.47. The third kappa shape index (κ3) is 3.10. The molecule has 0 aliphatic carbocycles. The van der Waals surface area contributed by atoms with Crippen LogP contribution in [0.2, 0.25) is 0 Å². The van der Waals surface area contributed by atoms with Crippen LogP contribution in [0.1, 0.15) is 20.8 Å². The quantitative estimate of drug-likeness (QED) is 0.651. The molecule has 0 bridgehead atoms. The first kappa shape index (κ1) is 19.5. The molecule has 1 fully saturated rings. The third-order valence-electron chi connectivity index (χ3n) is 5.33. The van der Waals surface area contributed by atoms with E-state index in [1.807, 2.05) is 37.3 Å². The van der Waals surface area contributed by atoms with Gasteiger partial charge in [0.1, 0.15) is 16.1 Å². The van der Waals surface area contributed by atoms with Crippen molar-refractivity contribution >= 4 is 27.0 Å². The molecule has 0 radical (unpaired) electrons. The standard InChI is InChI=1S/C20H22N4O4S/c1-4-23-10-11-24(20(2,3)19(23)25)29(26,27)15-12-16-17(14-8-6-5-7-9-14)22-28-18(16)21-13-15/h5-9,12-13H,4,10-11H2,1-3H3. The van der Waals surface area contributed by atoms with Crippen LogP contribution in [0.15, 0.2) is 52.0 Å². The van der Waals surface area contributed by atoms with Gasteiger partial charge in [-0.3, -0.25) is 4.79 Å². The molecule has 0 unspecified atom stereocenters. The van der Waals surface area contributed by atoms with Crippen molar-refractivity contribution in [1.82, 2.24) is 19.3 Å². The van der Waals surface area contributed by atoms with Crippen LogP contribution in [0, 0.1) is 0 Å². The number of nitrogens with zero attached hydrogens (tertiary/aromatic N) is 4. The molecule has 152 valence electrons. The van der Waals surface area contributed by atoms with E-state index >= 15 is 0 Å². The summed E-state index contributed by atoms with van der Waals surface area (Å²) in [4.78, 5) is 18.6. The Hall–Kier alpha value is -2.78. The third-order valence-corrected chi connectivity index (χ3v) is 7.37. The van der Waals surface area contributed by atoms with Gasteiger partial charge < -0.3 is 9.42 Å². The molecule has 0 spiro atoms. The number of sulfonamides is 1. The Bertz CT molecular complexity index is 1170. The van der Waals surface area contributed by atoms with E-state index in [0.717, 1.165) is 5.56 Å². The summed E-state index contributed by atoms with van der Waals surface area (Å²) in [6.45, 7) is 6.28. The van der Waals surface area contributed by atoms with Crippen LogP contribution in [-0.4, -0.2) is 58.8 Å². The number of hydrogen-bond acceptors (Lipinski definition) is 6. The molecule has 1 aliphatic rings. The van der Waals surface area contributed by atoms with Gasteiger partial charge in [-0.25, -0.2) is 13.4 Å². The van der Waals surface area contributed by atoms with Crippen LogP contribution < -0.4 is 0 Å². The summed E-state index contributed by atoms with van der Waals surface area (Å²) in [6.07, 6.45) is 1.25. The molecular weight excluding hydrogens is 392 g/mol. The van der Waals surface area contributed by atoms with Gasteiger partial charge in [0.25, 0.3) is 5.71 Å². The number of pyridine rings is 1. The minimum Gasteiger partial charge on any atom is -0.340 e. The van der Waals surface area contributed by atoms with Crippen LogP contribution in [0.4, 0.5) is 0 Å². The lowest BCUT2D eigenvalue weighted by atomic mass is 10.0. The summed E-state index contributed by atoms with van der Waals surface area (Å²) < 4.78 is 33.4. The van der Waals surface area contributed by atoms with Crippen molar-refractivity contribution in [3.63, 3.8) is 0 Å². The second-order valence-electron chi connectivity index (χ2n) is 7.44. The second kappa shape index (κ2) is 6.93. The predicted octanol–water partition coefficient (Wildman–Crippen LogP) is 2.52. The van der Waals surface area contributed by atoms with Gasteiger partial charge in [-0.05, 0) is 26.8 Å². The zero-order valence-corrected chi connectivity index (χ0v) is 17.3. The van der Waals surface area contributed by atoms with Gasteiger partial charge in [0.15, 0.2) is 0 Å². The van der Waals surface area contributed by atoms with Crippen molar-refractivity contribution in [1.29, 1.82) is 0 Å². The smallest absolute Gasteiger partial charge is 0.258 e. The van der Waals surface area contributed by atoms with Crippen molar-refractivity contribution in [3.8, 4) is 11.3 Å². The maximum Gasteiger partial charge on any atom is 0.258 e. The first-order chi connectivity index (χ1) is 13.8. The van der Waals surface area contributed by atoms with E-state index in [-0.39, 0.29) is 23.1 Å². The largest absolute Gasteiger partial charge is 0.340 e. The van der Waals surface area contributed by atoms with Crippen LogP contribution >= 0.6 is 0 Å². The summed E-state index contributed by atoms with van der Waals surface area (Å²) in [6, 6.07) is 10.9. The molecule has 1 amide bonds. The number of likely N-dealkylation sites (N-methyl/N-ethyl adjacent to an activating group) is 1. The van der Waals surface area contributed by atoms with Crippen LogP contribution in [0.25, 0.3) is 22.4 Å².